The van der Waals surface area contributed by atoms with Gasteiger partial charge in [0.15, 0.2) is 0 Å². The summed E-state index contributed by atoms with van der Waals surface area (Å²) in [7, 11) is 0. The molecule has 110 valence electrons. The van der Waals surface area contributed by atoms with Crippen molar-refractivity contribution in [1.82, 2.24) is 15.5 Å². The van der Waals surface area contributed by atoms with Crippen molar-refractivity contribution in [3.05, 3.63) is 0 Å². The van der Waals surface area contributed by atoms with Gasteiger partial charge < -0.3 is 20.3 Å². The van der Waals surface area contributed by atoms with Crippen LogP contribution < -0.4 is 10.6 Å². The van der Waals surface area contributed by atoms with E-state index in [2.05, 4.69) is 10.6 Å². The van der Waals surface area contributed by atoms with Crippen molar-refractivity contribution in [3.8, 4) is 0 Å². The van der Waals surface area contributed by atoms with Crippen LogP contribution >= 0.6 is 12.4 Å². The minimum Gasteiger partial charge on any atom is -0.366 e. The number of nitrogens with one attached hydrogen (secondary N) is 2. The Morgan fingerprint density at radius 1 is 1.26 bits per heavy atom. The SMILES string of the molecule is Cl.O=C(NCC(=O)N1CCCCC1)C1CNCCO1. The quantitative estimate of drug-likeness (QED) is 0.737. The van der Waals surface area contributed by atoms with Gasteiger partial charge in [0.1, 0.15) is 6.10 Å². The predicted molar refractivity (Wildman–Crippen MR) is 73.3 cm³/mol. The van der Waals surface area contributed by atoms with Crippen LogP contribution in [0.4, 0.5) is 0 Å². The van der Waals surface area contributed by atoms with Gasteiger partial charge in [-0.1, -0.05) is 0 Å². The van der Waals surface area contributed by atoms with Gasteiger partial charge in [0.05, 0.1) is 13.2 Å². The van der Waals surface area contributed by atoms with Crippen LogP contribution in [0.3, 0.4) is 0 Å². The largest absolute Gasteiger partial charge is 0.366 e. The lowest BCUT2D eigenvalue weighted by molar-refractivity contribution is -0.138. The highest BCUT2D eigenvalue weighted by atomic mass is 35.5. The molecule has 2 aliphatic rings. The Morgan fingerprint density at radius 2 is 2.00 bits per heavy atom. The number of amides is 2. The summed E-state index contributed by atoms with van der Waals surface area (Å²) in [6.07, 6.45) is 2.86. The normalized spacial score (nSPS) is 23.4. The third kappa shape index (κ3) is 4.97. The van der Waals surface area contributed by atoms with Gasteiger partial charge >= 0.3 is 0 Å². The smallest absolute Gasteiger partial charge is 0.250 e. The molecule has 0 saturated carbocycles. The average Bonchev–Trinajstić information content (AvgIpc) is 2.46. The molecule has 1 unspecified atom stereocenters. The van der Waals surface area contributed by atoms with Crippen molar-refractivity contribution in [2.24, 2.45) is 0 Å². The van der Waals surface area contributed by atoms with E-state index in [-0.39, 0.29) is 30.8 Å². The highest BCUT2D eigenvalue weighted by Crippen LogP contribution is 2.08. The first-order chi connectivity index (χ1) is 8.77. The van der Waals surface area contributed by atoms with Gasteiger partial charge in [0.2, 0.25) is 5.91 Å². The van der Waals surface area contributed by atoms with Crippen LogP contribution in [-0.4, -0.2) is 62.1 Å². The van der Waals surface area contributed by atoms with E-state index in [1.54, 1.807) is 0 Å². The number of piperidine rings is 1. The first kappa shape index (κ1) is 16.2. The maximum absolute atomic E-state index is 11.8. The molecule has 19 heavy (non-hydrogen) atoms. The summed E-state index contributed by atoms with van der Waals surface area (Å²) in [4.78, 5) is 25.4. The number of halogens is 1. The minimum absolute atomic E-state index is 0. The zero-order valence-electron chi connectivity index (χ0n) is 11.0. The Hall–Kier alpha value is -0.850. The van der Waals surface area contributed by atoms with Crippen LogP contribution in [-0.2, 0) is 14.3 Å². The summed E-state index contributed by atoms with van der Waals surface area (Å²) >= 11 is 0. The molecule has 2 amide bonds. The lowest BCUT2D eigenvalue weighted by Gasteiger charge is -2.27. The molecule has 0 spiro atoms. The van der Waals surface area contributed by atoms with Crippen molar-refractivity contribution in [3.63, 3.8) is 0 Å². The van der Waals surface area contributed by atoms with Crippen molar-refractivity contribution < 1.29 is 14.3 Å². The van der Waals surface area contributed by atoms with Gasteiger partial charge in [0, 0.05) is 26.2 Å². The van der Waals surface area contributed by atoms with Crippen LogP contribution in [0, 0.1) is 0 Å². The van der Waals surface area contributed by atoms with Gasteiger partial charge in [0.25, 0.3) is 5.91 Å². The second kappa shape index (κ2) is 8.35. The van der Waals surface area contributed by atoms with Crippen molar-refractivity contribution in [1.29, 1.82) is 0 Å². The molecule has 0 bridgehead atoms. The zero-order valence-corrected chi connectivity index (χ0v) is 11.8. The summed E-state index contributed by atoms with van der Waals surface area (Å²) in [5, 5.41) is 5.74. The first-order valence-electron chi connectivity index (χ1n) is 6.65. The van der Waals surface area contributed by atoms with E-state index >= 15 is 0 Å². The summed E-state index contributed by atoms with van der Waals surface area (Å²) in [6.45, 7) is 3.55. The van der Waals surface area contributed by atoms with E-state index in [0.29, 0.717) is 13.2 Å². The molecule has 2 N–H and O–H groups in total. The fourth-order valence-corrected chi connectivity index (χ4v) is 2.27. The van der Waals surface area contributed by atoms with E-state index < -0.39 is 6.10 Å². The second-order valence-corrected chi connectivity index (χ2v) is 4.72. The molecule has 6 nitrogen and oxygen atoms in total. The number of nitrogens with zero attached hydrogens (tertiary/aromatic N) is 1. The molecule has 0 radical (unpaired) electrons. The maximum Gasteiger partial charge on any atom is 0.250 e. The van der Waals surface area contributed by atoms with E-state index in [0.717, 1.165) is 32.5 Å². The molecule has 1 atom stereocenters. The number of ether oxygens (including phenoxy) is 1. The van der Waals surface area contributed by atoms with Gasteiger partial charge in [-0.2, -0.15) is 0 Å². The molecule has 2 rings (SSSR count). The molecular formula is C12H22ClN3O3. The number of hydrogen-bond donors (Lipinski definition) is 2. The molecule has 7 heteroatoms. The fourth-order valence-electron chi connectivity index (χ4n) is 2.27. The van der Waals surface area contributed by atoms with Crippen LogP contribution in [0.25, 0.3) is 0 Å². The van der Waals surface area contributed by atoms with E-state index in [4.69, 9.17) is 4.74 Å². The number of likely N-dealkylation sites (tertiary alicyclic amines) is 1. The molecule has 0 aliphatic carbocycles. The van der Waals surface area contributed by atoms with Gasteiger partial charge in [-0.15, -0.1) is 12.4 Å². The van der Waals surface area contributed by atoms with Crippen LogP contribution in [0.15, 0.2) is 0 Å². The monoisotopic (exact) mass is 291 g/mol. The Kier molecular flexibility index (Phi) is 7.12. The van der Waals surface area contributed by atoms with Crippen molar-refractivity contribution in [2.45, 2.75) is 25.4 Å². The van der Waals surface area contributed by atoms with Crippen LogP contribution in [0.5, 0.6) is 0 Å². The van der Waals surface area contributed by atoms with Crippen molar-refractivity contribution >= 4 is 24.2 Å². The Balaban J connectivity index is 0.00000180. The minimum atomic E-state index is -0.465. The lowest BCUT2D eigenvalue weighted by atomic mass is 10.1. The maximum atomic E-state index is 11.8. The molecule has 2 fully saturated rings. The lowest BCUT2D eigenvalue weighted by Crippen LogP contribution is -2.50. The number of rotatable bonds is 3. The molecular weight excluding hydrogens is 270 g/mol. The third-order valence-electron chi connectivity index (χ3n) is 3.34. The highest BCUT2D eigenvalue weighted by Gasteiger charge is 2.23. The number of morpholine rings is 1. The second-order valence-electron chi connectivity index (χ2n) is 4.72. The van der Waals surface area contributed by atoms with E-state index in [1.807, 2.05) is 4.90 Å². The highest BCUT2D eigenvalue weighted by molar-refractivity contribution is 5.87. The van der Waals surface area contributed by atoms with Gasteiger partial charge in [-0.05, 0) is 19.3 Å². The summed E-state index contributed by atoms with van der Waals surface area (Å²) < 4.78 is 5.32. The summed E-state index contributed by atoms with van der Waals surface area (Å²) in [5.74, 6) is -0.195. The van der Waals surface area contributed by atoms with Gasteiger partial charge in [-0.3, -0.25) is 9.59 Å². The molecule has 2 aliphatic heterocycles. The van der Waals surface area contributed by atoms with Crippen LogP contribution in [0.2, 0.25) is 0 Å². The molecule has 0 aromatic heterocycles. The molecule has 2 heterocycles. The van der Waals surface area contributed by atoms with Gasteiger partial charge in [-0.25, -0.2) is 0 Å². The van der Waals surface area contributed by atoms with Crippen molar-refractivity contribution in [2.75, 3.05) is 39.3 Å². The first-order valence-corrected chi connectivity index (χ1v) is 6.65. The topological polar surface area (TPSA) is 70.7 Å². The summed E-state index contributed by atoms with van der Waals surface area (Å²) in [6, 6.07) is 0. The molecule has 2 saturated heterocycles. The standard InChI is InChI=1S/C12H21N3O3.ClH/c16-11(15-5-2-1-3-6-15)9-14-12(17)10-8-13-4-7-18-10;/h10,13H,1-9H2,(H,14,17);1H. The average molecular weight is 292 g/mol. The number of carbonyl (C=O) groups excluding carboxylic acids is 2. The Bertz CT molecular complexity index is 273. The Labute approximate surface area is 119 Å². The van der Waals surface area contributed by atoms with E-state index in [9.17, 15) is 9.59 Å². The molecule has 0 aromatic carbocycles. The third-order valence-corrected chi connectivity index (χ3v) is 3.34. The summed E-state index contributed by atoms with van der Waals surface area (Å²) in [5.41, 5.74) is 0. The fraction of sp³-hybridized carbons (Fsp3) is 0.833. The van der Waals surface area contributed by atoms with E-state index in [1.165, 1.54) is 6.42 Å². The zero-order chi connectivity index (χ0) is 12.8. The van der Waals surface area contributed by atoms with Crippen LogP contribution in [0.1, 0.15) is 19.3 Å². The predicted octanol–water partition coefficient (Wildman–Crippen LogP) is -0.475. The number of hydrogen-bond acceptors (Lipinski definition) is 4. The Morgan fingerprint density at radius 3 is 2.63 bits per heavy atom. The molecule has 0 aromatic rings. The number of carbonyl (C=O) groups is 2.